The van der Waals surface area contributed by atoms with Crippen molar-refractivity contribution < 1.29 is 0 Å². The summed E-state index contributed by atoms with van der Waals surface area (Å²) in [6.07, 6.45) is 0.843. The fourth-order valence-electron chi connectivity index (χ4n) is 1.90. The van der Waals surface area contributed by atoms with Crippen molar-refractivity contribution in [2.75, 3.05) is 11.9 Å². The fourth-order valence-corrected chi connectivity index (χ4v) is 4.67. The van der Waals surface area contributed by atoms with Crippen molar-refractivity contribution in [2.24, 2.45) is 0 Å². The predicted molar refractivity (Wildman–Crippen MR) is 100 cm³/mol. The molecule has 0 atom stereocenters. The molecule has 4 nitrogen and oxygen atoms in total. The van der Waals surface area contributed by atoms with Crippen molar-refractivity contribution >= 4 is 51.2 Å². The summed E-state index contributed by atoms with van der Waals surface area (Å²) < 4.78 is 0.966. The van der Waals surface area contributed by atoms with Crippen LogP contribution in [0.2, 0.25) is 5.02 Å². The van der Waals surface area contributed by atoms with E-state index in [9.17, 15) is 0 Å². The molecule has 0 spiro atoms. The zero-order chi connectivity index (χ0) is 16.1. The number of hydrogen-bond donors (Lipinski definition) is 1. The first-order valence-corrected chi connectivity index (χ1v) is 10.2. The number of anilines is 1. The lowest BCUT2D eigenvalue weighted by atomic mass is 10.2. The molecule has 2 aromatic heterocycles. The van der Waals surface area contributed by atoms with Gasteiger partial charge in [-0.25, -0.2) is 4.98 Å². The Bertz CT molecular complexity index is 754. The molecule has 1 aromatic carbocycles. The van der Waals surface area contributed by atoms with Crippen LogP contribution in [0.1, 0.15) is 23.2 Å². The molecule has 0 aliphatic heterocycles. The average molecular weight is 383 g/mol. The molecule has 0 saturated heterocycles. The number of hydrogen-bond acceptors (Lipinski definition) is 7. The third-order valence-corrected chi connectivity index (χ3v) is 6.14. The lowest BCUT2D eigenvalue weighted by Crippen LogP contribution is -1.94. The fraction of sp³-hybridized carbons (Fsp3) is 0.267. The summed E-state index contributed by atoms with van der Waals surface area (Å²) in [7, 11) is 0. The summed E-state index contributed by atoms with van der Waals surface area (Å²) >= 11 is 10.9. The Morgan fingerprint density at radius 3 is 2.83 bits per heavy atom. The van der Waals surface area contributed by atoms with Crippen LogP contribution < -0.4 is 5.32 Å². The number of benzene rings is 1. The van der Waals surface area contributed by atoms with Crippen LogP contribution in [0.15, 0.2) is 34.0 Å². The molecule has 0 fully saturated rings. The van der Waals surface area contributed by atoms with Gasteiger partial charge in [0.15, 0.2) is 4.34 Å². The van der Waals surface area contributed by atoms with Crippen LogP contribution in [0.4, 0.5) is 5.13 Å². The van der Waals surface area contributed by atoms with E-state index in [1.54, 1.807) is 34.4 Å². The summed E-state index contributed by atoms with van der Waals surface area (Å²) in [4.78, 5) is 4.69. The van der Waals surface area contributed by atoms with Gasteiger partial charge >= 0.3 is 0 Å². The second-order valence-corrected chi connectivity index (χ2v) is 8.31. The molecular weight excluding hydrogens is 368 g/mol. The van der Waals surface area contributed by atoms with Crippen LogP contribution in [0.3, 0.4) is 0 Å². The molecule has 0 aliphatic rings. The first-order valence-electron chi connectivity index (χ1n) is 7.11. The highest BCUT2D eigenvalue weighted by Crippen LogP contribution is 2.28. The van der Waals surface area contributed by atoms with Crippen LogP contribution in [-0.4, -0.2) is 21.7 Å². The van der Waals surface area contributed by atoms with E-state index < -0.39 is 0 Å². The third kappa shape index (κ3) is 4.91. The first kappa shape index (κ1) is 16.7. The number of nitrogens with one attached hydrogen (secondary N) is 1. The van der Waals surface area contributed by atoms with Gasteiger partial charge < -0.3 is 5.32 Å². The molecule has 0 bridgehead atoms. The average Bonchev–Trinajstić information content (AvgIpc) is 3.17. The van der Waals surface area contributed by atoms with Crippen molar-refractivity contribution in [1.29, 1.82) is 0 Å². The van der Waals surface area contributed by atoms with Crippen LogP contribution in [0, 0.1) is 0 Å². The van der Waals surface area contributed by atoms with E-state index in [1.165, 1.54) is 5.56 Å². The molecule has 2 heterocycles. The van der Waals surface area contributed by atoms with Gasteiger partial charge in [-0.2, -0.15) is 0 Å². The number of thiazole rings is 1. The first-order chi connectivity index (χ1) is 11.2. The highest BCUT2D eigenvalue weighted by atomic mass is 35.5. The highest BCUT2D eigenvalue weighted by Gasteiger charge is 2.07. The molecule has 0 radical (unpaired) electrons. The SMILES string of the molecule is CCNc1nnc(SCc2csc(Cc3ccc(Cl)cc3)n2)s1. The molecule has 0 amide bonds. The Morgan fingerprint density at radius 2 is 2.04 bits per heavy atom. The van der Waals surface area contributed by atoms with Crippen molar-refractivity contribution in [1.82, 2.24) is 15.2 Å². The molecular formula is C15H15ClN4S3. The maximum absolute atomic E-state index is 5.91. The zero-order valence-corrected chi connectivity index (χ0v) is 15.7. The molecule has 120 valence electrons. The number of halogens is 1. The summed E-state index contributed by atoms with van der Waals surface area (Å²) in [5.74, 6) is 0.817. The molecule has 1 N–H and O–H groups in total. The lowest BCUT2D eigenvalue weighted by Gasteiger charge is -1.98. The van der Waals surface area contributed by atoms with Crippen LogP contribution in [-0.2, 0) is 12.2 Å². The van der Waals surface area contributed by atoms with Crippen LogP contribution in [0.25, 0.3) is 0 Å². The zero-order valence-electron chi connectivity index (χ0n) is 12.5. The quantitative estimate of drug-likeness (QED) is 0.585. The maximum atomic E-state index is 5.91. The van der Waals surface area contributed by atoms with E-state index in [0.29, 0.717) is 0 Å². The van der Waals surface area contributed by atoms with E-state index >= 15 is 0 Å². The Hall–Kier alpha value is -1.15. The van der Waals surface area contributed by atoms with Crippen LogP contribution in [0.5, 0.6) is 0 Å². The third-order valence-electron chi connectivity index (χ3n) is 2.95. The second-order valence-electron chi connectivity index (χ2n) is 4.73. The number of nitrogens with zero attached hydrogens (tertiary/aromatic N) is 3. The number of rotatable bonds is 7. The Labute approximate surface area is 152 Å². The second kappa shape index (κ2) is 8.10. The number of aromatic nitrogens is 3. The predicted octanol–water partition coefficient (Wildman–Crippen LogP) is 4.96. The molecule has 0 unspecified atom stereocenters. The summed E-state index contributed by atoms with van der Waals surface area (Å²) in [6.45, 7) is 2.91. The summed E-state index contributed by atoms with van der Waals surface area (Å²) in [5.41, 5.74) is 2.31. The Balaban J connectivity index is 1.55. The summed E-state index contributed by atoms with van der Waals surface area (Å²) in [6, 6.07) is 7.92. The number of thioether (sulfide) groups is 1. The Morgan fingerprint density at radius 1 is 1.22 bits per heavy atom. The molecule has 0 saturated carbocycles. The van der Waals surface area contributed by atoms with Crippen molar-refractivity contribution in [3.63, 3.8) is 0 Å². The normalized spacial score (nSPS) is 10.9. The molecule has 0 aliphatic carbocycles. The van der Waals surface area contributed by atoms with E-state index in [2.05, 4.69) is 20.9 Å². The smallest absolute Gasteiger partial charge is 0.206 e. The largest absolute Gasteiger partial charge is 0.360 e. The van der Waals surface area contributed by atoms with Gasteiger partial charge in [-0.3, -0.25) is 0 Å². The van der Waals surface area contributed by atoms with Gasteiger partial charge in [0, 0.05) is 29.1 Å². The lowest BCUT2D eigenvalue weighted by molar-refractivity contribution is 1.000. The molecule has 8 heteroatoms. The van der Waals surface area contributed by atoms with E-state index in [1.807, 2.05) is 31.2 Å². The van der Waals surface area contributed by atoms with Gasteiger partial charge in [0.1, 0.15) is 0 Å². The van der Waals surface area contributed by atoms with E-state index in [4.69, 9.17) is 16.6 Å². The van der Waals surface area contributed by atoms with Gasteiger partial charge in [0.25, 0.3) is 0 Å². The van der Waals surface area contributed by atoms with Gasteiger partial charge in [-0.1, -0.05) is 46.8 Å². The van der Waals surface area contributed by atoms with Gasteiger partial charge in [0.2, 0.25) is 5.13 Å². The van der Waals surface area contributed by atoms with E-state index in [0.717, 1.165) is 43.9 Å². The summed E-state index contributed by atoms with van der Waals surface area (Å²) in [5, 5.41) is 16.3. The minimum atomic E-state index is 0.763. The topological polar surface area (TPSA) is 50.7 Å². The standard InChI is InChI=1S/C15H15ClN4S3/c1-2-17-14-19-20-15(23-14)22-9-12-8-21-13(18-12)7-10-3-5-11(16)6-4-10/h3-6,8H,2,7,9H2,1H3,(H,17,19). The highest BCUT2D eigenvalue weighted by molar-refractivity contribution is 8.00. The van der Waals surface area contributed by atoms with Gasteiger partial charge in [-0.15, -0.1) is 21.5 Å². The van der Waals surface area contributed by atoms with Gasteiger partial charge in [-0.05, 0) is 24.6 Å². The van der Waals surface area contributed by atoms with Crippen molar-refractivity contribution in [3.8, 4) is 0 Å². The monoisotopic (exact) mass is 382 g/mol. The minimum Gasteiger partial charge on any atom is -0.360 e. The molecule has 3 rings (SSSR count). The molecule has 3 aromatic rings. The van der Waals surface area contributed by atoms with Crippen molar-refractivity contribution in [3.05, 3.63) is 50.9 Å². The van der Waals surface area contributed by atoms with Gasteiger partial charge in [0.05, 0.1) is 10.7 Å². The molecule has 23 heavy (non-hydrogen) atoms. The maximum Gasteiger partial charge on any atom is 0.206 e. The Kier molecular flexibility index (Phi) is 5.88. The van der Waals surface area contributed by atoms with E-state index in [-0.39, 0.29) is 0 Å². The minimum absolute atomic E-state index is 0.763. The van der Waals surface area contributed by atoms with Crippen LogP contribution >= 0.6 is 46.0 Å². The van der Waals surface area contributed by atoms with Crippen molar-refractivity contribution in [2.45, 2.75) is 23.4 Å².